The van der Waals surface area contributed by atoms with Gasteiger partial charge in [0.2, 0.25) is 0 Å². The van der Waals surface area contributed by atoms with Crippen LogP contribution in [0.5, 0.6) is 0 Å². The summed E-state index contributed by atoms with van der Waals surface area (Å²) >= 11 is 4.10. The van der Waals surface area contributed by atoms with Gasteiger partial charge >= 0.3 is 0 Å². The molecular formula is C13H20N2S2. The number of hydrogen-bond donors (Lipinski definition) is 2. The van der Waals surface area contributed by atoms with Crippen LogP contribution in [0.15, 0.2) is 24.3 Å². The first-order chi connectivity index (χ1) is 8.24. The second kappa shape index (κ2) is 6.14. The predicted octanol–water partition coefficient (Wildman–Crippen LogP) is 2.74. The van der Waals surface area contributed by atoms with Gasteiger partial charge in [0.15, 0.2) is 0 Å². The zero-order valence-electron chi connectivity index (χ0n) is 10.3. The van der Waals surface area contributed by atoms with Crippen molar-refractivity contribution in [2.24, 2.45) is 5.84 Å². The zero-order chi connectivity index (χ0) is 12.3. The highest BCUT2D eigenvalue weighted by molar-refractivity contribution is 8.07. The molecule has 0 saturated carbocycles. The minimum Gasteiger partial charge on any atom is -0.271 e. The van der Waals surface area contributed by atoms with E-state index in [1.807, 2.05) is 11.8 Å². The van der Waals surface area contributed by atoms with Crippen molar-refractivity contribution in [3.8, 4) is 0 Å². The lowest BCUT2D eigenvalue weighted by Crippen LogP contribution is -2.41. The molecule has 94 valence electrons. The summed E-state index contributed by atoms with van der Waals surface area (Å²) in [5.41, 5.74) is 5.68. The van der Waals surface area contributed by atoms with Crippen molar-refractivity contribution in [3.05, 3.63) is 35.4 Å². The van der Waals surface area contributed by atoms with Gasteiger partial charge in [-0.25, -0.2) is 0 Å². The molecule has 1 aliphatic heterocycles. The third kappa shape index (κ3) is 2.99. The first-order valence-electron chi connectivity index (χ1n) is 5.99. The van der Waals surface area contributed by atoms with E-state index in [0.29, 0.717) is 10.5 Å². The van der Waals surface area contributed by atoms with Crippen molar-refractivity contribution in [3.63, 3.8) is 0 Å². The SMILES string of the molecule is Cc1ccccc1C(NN)C1SCCSC1C. The first-order valence-corrected chi connectivity index (χ1v) is 8.08. The molecule has 0 aromatic heterocycles. The zero-order valence-corrected chi connectivity index (χ0v) is 12.0. The lowest BCUT2D eigenvalue weighted by Gasteiger charge is -2.34. The second-order valence-corrected chi connectivity index (χ2v) is 7.18. The standard InChI is InChI=1S/C13H20N2S2/c1-9-5-3-4-6-11(9)12(15-14)13-10(2)16-7-8-17-13/h3-6,10,12-13,15H,7-8,14H2,1-2H3. The van der Waals surface area contributed by atoms with E-state index >= 15 is 0 Å². The summed E-state index contributed by atoms with van der Waals surface area (Å²) in [6.07, 6.45) is 0. The molecule has 0 radical (unpaired) electrons. The van der Waals surface area contributed by atoms with Gasteiger partial charge in [0.1, 0.15) is 0 Å². The van der Waals surface area contributed by atoms with E-state index in [4.69, 9.17) is 5.84 Å². The summed E-state index contributed by atoms with van der Waals surface area (Å²) < 4.78 is 0. The number of thioether (sulfide) groups is 2. The fraction of sp³-hybridized carbons (Fsp3) is 0.538. The minimum absolute atomic E-state index is 0.254. The fourth-order valence-corrected chi connectivity index (χ4v) is 5.23. The summed E-state index contributed by atoms with van der Waals surface area (Å²) in [6, 6.07) is 8.78. The lowest BCUT2D eigenvalue weighted by atomic mass is 9.98. The van der Waals surface area contributed by atoms with Crippen LogP contribution in [0.3, 0.4) is 0 Å². The molecule has 2 rings (SSSR count). The van der Waals surface area contributed by atoms with Gasteiger partial charge in [0.05, 0.1) is 6.04 Å². The van der Waals surface area contributed by atoms with Crippen molar-refractivity contribution < 1.29 is 0 Å². The van der Waals surface area contributed by atoms with Crippen molar-refractivity contribution in [2.75, 3.05) is 11.5 Å². The molecule has 3 atom stereocenters. The molecule has 4 heteroatoms. The van der Waals surface area contributed by atoms with Crippen LogP contribution < -0.4 is 11.3 Å². The van der Waals surface area contributed by atoms with Gasteiger partial charge in [-0.1, -0.05) is 31.2 Å². The van der Waals surface area contributed by atoms with Gasteiger partial charge in [-0.05, 0) is 18.1 Å². The Labute approximate surface area is 112 Å². The molecule has 0 spiro atoms. The summed E-state index contributed by atoms with van der Waals surface area (Å²) in [7, 11) is 0. The molecule has 0 amide bonds. The predicted molar refractivity (Wildman–Crippen MR) is 79.4 cm³/mol. The molecule has 1 aromatic carbocycles. The molecule has 1 saturated heterocycles. The largest absolute Gasteiger partial charge is 0.271 e. The highest BCUT2D eigenvalue weighted by Gasteiger charge is 2.31. The summed E-state index contributed by atoms with van der Waals surface area (Å²) in [5, 5.41) is 1.20. The van der Waals surface area contributed by atoms with Crippen molar-refractivity contribution in [1.82, 2.24) is 5.43 Å². The third-order valence-electron chi connectivity index (χ3n) is 3.27. The smallest absolute Gasteiger partial charge is 0.0591 e. The van der Waals surface area contributed by atoms with Gasteiger partial charge in [-0.15, -0.1) is 0 Å². The van der Waals surface area contributed by atoms with Crippen LogP contribution in [-0.4, -0.2) is 22.0 Å². The maximum absolute atomic E-state index is 5.79. The molecule has 17 heavy (non-hydrogen) atoms. The van der Waals surface area contributed by atoms with Gasteiger partial charge in [0, 0.05) is 22.0 Å². The van der Waals surface area contributed by atoms with Gasteiger partial charge < -0.3 is 0 Å². The number of benzene rings is 1. The molecule has 0 aliphatic carbocycles. The van der Waals surface area contributed by atoms with E-state index in [1.165, 1.54) is 22.6 Å². The van der Waals surface area contributed by atoms with Gasteiger partial charge in [-0.2, -0.15) is 23.5 Å². The van der Waals surface area contributed by atoms with Crippen LogP contribution in [0.4, 0.5) is 0 Å². The van der Waals surface area contributed by atoms with Crippen molar-refractivity contribution in [1.29, 1.82) is 0 Å². The molecular weight excluding hydrogens is 248 g/mol. The van der Waals surface area contributed by atoms with Crippen LogP contribution in [0.1, 0.15) is 24.1 Å². The number of hydrazine groups is 1. The van der Waals surface area contributed by atoms with Crippen LogP contribution in [0, 0.1) is 6.92 Å². The van der Waals surface area contributed by atoms with E-state index in [2.05, 4.69) is 55.3 Å². The Balaban J connectivity index is 2.23. The fourth-order valence-electron chi connectivity index (χ4n) is 2.31. The second-order valence-electron chi connectivity index (χ2n) is 4.41. The van der Waals surface area contributed by atoms with Crippen molar-refractivity contribution >= 4 is 23.5 Å². The lowest BCUT2D eigenvalue weighted by molar-refractivity contribution is 0.525. The minimum atomic E-state index is 0.254. The Morgan fingerprint density at radius 2 is 2.00 bits per heavy atom. The number of aryl methyl sites for hydroxylation is 1. The van der Waals surface area contributed by atoms with Crippen molar-refractivity contribution in [2.45, 2.75) is 30.4 Å². The Kier molecular flexibility index (Phi) is 4.79. The summed E-state index contributed by atoms with van der Waals surface area (Å²) in [4.78, 5) is 0. The highest BCUT2D eigenvalue weighted by Crippen LogP contribution is 2.38. The molecule has 1 fully saturated rings. The monoisotopic (exact) mass is 268 g/mol. The van der Waals surface area contributed by atoms with E-state index in [-0.39, 0.29) is 6.04 Å². The van der Waals surface area contributed by atoms with Crippen LogP contribution in [0.25, 0.3) is 0 Å². The Bertz CT molecular complexity index is 370. The third-order valence-corrected chi connectivity index (χ3v) is 6.46. The van der Waals surface area contributed by atoms with E-state index in [1.54, 1.807) is 0 Å². The summed E-state index contributed by atoms with van der Waals surface area (Å²) in [5.74, 6) is 8.28. The Morgan fingerprint density at radius 3 is 2.65 bits per heavy atom. The molecule has 3 N–H and O–H groups in total. The van der Waals surface area contributed by atoms with Gasteiger partial charge in [0.25, 0.3) is 0 Å². The quantitative estimate of drug-likeness (QED) is 0.653. The Morgan fingerprint density at radius 1 is 1.29 bits per heavy atom. The summed E-state index contributed by atoms with van der Waals surface area (Å²) in [6.45, 7) is 4.47. The average Bonchev–Trinajstić information content (AvgIpc) is 2.34. The maximum Gasteiger partial charge on any atom is 0.0591 e. The molecule has 1 aliphatic rings. The normalized spacial score (nSPS) is 26.8. The number of hydrogen-bond acceptors (Lipinski definition) is 4. The molecule has 0 bridgehead atoms. The first kappa shape index (κ1) is 13.3. The van der Waals surface area contributed by atoms with Crippen LogP contribution >= 0.6 is 23.5 Å². The number of nitrogens with two attached hydrogens (primary N) is 1. The number of nitrogens with one attached hydrogen (secondary N) is 1. The average molecular weight is 268 g/mol. The van der Waals surface area contributed by atoms with Crippen LogP contribution in [0.2, 0.25) is 0 Å². The number of rotatable bonds is 3. The molecule has 2 nitrogen and oxygen atoms in total. The van der Waals surface area contributed by atoms with E-state index < -0.39 is 0 Å². The maximum atomic E-state index is 5.79. The molecule has 1 heterocycles. The topological polar surface area (TPSA) is 38.0 Å². The molecule has 1 aromatic rings. The highest BCUT2D eigenvalue weighted by atomic mass is 32.2. The Hall–Kier alpha value is -0.160. The van der Waals surface area contributed by atoms with E-state index in [0.717, 1.165) is 0 Å². The van der Waals surface area contributed by atoms with Gasteiger partial charge in [-0.3, -0.25) is 11.3 Å². The van der Waals surface area contributed by atoms with Crippen LogP contribution in [-0.2, 0) is 0 Å². The molecule has 3 unspecified atom stereocenters. The van der Waals surface area contributed by atoms with E-state index in [9.17, 15) is 0 Å².